The first-order chi connectivity index (χ1) is 10.4. The maximum atomic E-state index is 12.8. The Bertz CT molecular complexity index is 501. The minimum Gasteiger partial charge on any atom is -0.384 e. The van der Waals surface area contributed by atoms with Crippen molar-refractivity contribution < 1.29 is 14.0 Å². The smallest absolute Gasteiger partial charge is 0.261 e. The number of nitrogens with zero attached hydrogens (tertiary/aromatic N) is 1. The largest absolute Gasteiger partial charge is 0.384 e. The lowest BCUT2D eigenvalue weighted by molar-refractivity contribution is -0.126. The monoisotopic (exact) mass is 309 g/mol. The molecule has 1 aromatic rings. The van der Waals surface area contributed by atoms with Crippen LogP contribution in [-0.4, -0.2) is 18.3 Å². The summed E-state index contributed by atoms with van der Waals surface area (Å²) in [7, 11) is 0. The molecule has 0 spiro atoms. The number of amides is 1. The summed E-state index contributed by atoms with van der Waals surface area (Å²) in [5.74, 6) is 0.302. The first-order valence-electron chi connectivity index (χ1n) is 7.37. The van der Waals surface area contributed by atoms with Crippen molar-refractivity contribution in [3.8, 4) is 0 Å². The molecular weight excluding hydrogens is 285 g/mol. The van der Waals surface area contributed by atoms with Gasteiger partial charge in [0.25, 0.3) is 5.91 Å². The first kappa shape index (κ1) is 17.9. The van der Waals surface area contributed by atoms with Crippen molar-refractivity contribution in [1.29, 1.82) is 0 Å². The Balaban J connectivity index is 2.33. The zero-order valence-corrected chi connectivity index (χ0v) is 13.3. The van der Waals surface area contributed by atoms with E-state index in [-0.39, 0.29) is 24.4 Å². The molecule has 6 heteroatoms. The van der Waals surface area contributed by atoms with E-state index in [1.165, 1.54) is 12.1 Å². The lowest BCUT2D eigenvalue weighted by atomic mass is 10.1. The van der Waals surface area contributed by atoms with E-state index in [0.717, 1.165) is 12.0 Å². The summed E-state index contributed by atoms with van der Waals surface area (Å²) in [6.45, 7) is 5.80. The van der Waals surface area contributed by atoms with Crippen molar-refractivity contribution in [2.75, 3.05) is 6.61 Å². The molecule has 0 saturated heterocycles. The summed E-state index contributed by atoms with van der Waals surface area (Å²) in [5.41, 5.74) is 6.49. The van der Waals surface area contributed by atoms with Gasteiger partial charge in [0.15, 0.2) is 6.61 Å². The minimum atomic E-state index is -0.309. The second-order valence-electron chi connectivity index (χ2n) is 5.63. The van der Waals surface area contributed by atoms with Crippen LogP contribution in [0.25, 0.3) is 0 Å². The average Bonchev–Trinajstić information content (AvgIpc) is 2.45. The van der Waals surface area contributed by atoms with Gasteiger partial charge in [-0.05, 0) is 37.0 Å². The molecule has 122 valence electrons. The predicted octanol–water partition coefficient (Wildman–Crippen LogP) is 2.73. The molecule has 5 nitrogen and oxygen atoms in total. The molecule has 0 aliphatic rings. The molecular formula is C16H24FN3O2. The molecule has 0 aromatic heterocycles. The molecule has 0 aliphatic carbocycles. The van der Waals surface area contributed by atoms with Gasteiger partial charge in [-0.3, -0.25) is 4.79 Å². The van der Waals surface area contributed by atoms with E-state index < -0.39 is 0 Å². The number of benzene rings is 1. The van der Waals surface area contributed by atoms with Gasteiger partial charge < -0.3 is 15.9 Å². The maximum absolute atomic E-state index is 12.8. The molecule has 0 radical (unpaired) electrons. The molecule has 0 heterocycles. The molecule has 22 heavy (non-hydrogen) atoms. The quantitative estimate of drug-likeness (QED) is 0.440. The number of amidine groups is 1. The third kappa shape index (κ3) is 7.06. The summed E-state index contributed by atoms with van der Waals surface area (Å²) in [6, 6.07) is 5.73. The van der Waals surface area contributed by atoms with Gasteiger partial charge in [0.1, 0.15) is 11.7 Å². The number of nitrogens with one attached hydrogen (secondary N) is 1. The number of rotatable bonds is 8. The van der Waals surface area contributed by atoms with Gasteiger partial charge in [0.05, 0.1) is 6.04 Å². The second-order valence-corrected chi connectivity index (χ2v) is 5.63. The Morgan fingerprint density at radius 2 is 1.95 bits per heavy atom. The number of nitrogens with two attached hydrogens (primary N) is 1. The van der Waals surface area contributed by atoms with Crippen molar-refractivity contribution in [3.05, 3.63) is 35.6 Å². The Hall–Kier alpha value is -2.11. The van der Waals surface area contributed by atoms with Crippen LogP contribution in [0.5, 0.6) is 0 Å². The third-order valence-corrected chi connectivity index (χ3v) is 3.10. The van der Waals surface area contributed by atoms with Crippen LogP contribution in [0.1, 0.15) is 45.2 Å². The minimum absolute atomic E-state index is 0.200. The van der Waals surface area contributed by atoms with Crippen LogP contribution in [0.4, 0.5) is 4.39 Å². The molecule has 0 fully saturated rings. The van der Waals surface area contributed by atoms with Crippen LogP contribution >= 0.6 is 0 Å². The summed E-state index contributed by atoms with van der Waals surface area (Å²) in [5, 5.41) is 6.45. The molecule has 1 unspecified atom stereocenters. The third-order valence-electron chi connectivity index (χ3n) is 3.10. The summed E-state index contributed by atoms with van der Waals surface area (Å²) >= 11 is 0. The van der Waals surface area contributed by atoms with E-state index in [2.05, 4.69) is 24.3 Å². The van der Waals surface area contributed by atoms with Crippen molar-refractivity contribution in [3.63, 3.8) is 0 Å². The van der Waals surface area contributed by atoms with E-state index in [9.17, 15) is 9.18 Å². The number of carbonyl (C=O) groups excluding carboxylic acids is 1. The van der Waals surface area contributed by atoms with Gasteiger partial charge in [-0.1, -0.05) is 31.1 Å². The molecule has 1 rings (SSSR count). The Morgan fingerprint density at radius 3 is 2.55 bits per heavy atom. The van der Waals surface area contributed by atoms with Crippen LogP contribution < -0.4 is 11.1 Å². The fourth-order valence-corrected chi connectivity index (χ4v) is 1.77. The molecule has 3 N–H and O–H groups in total. The van der Waals surface area contributed by atoms with E-state index in [4.69, 9.17) is 10.6 Å². The first-order valence-corrected chi connectivity index (χ1v) is 7.37. The number of oxime groups is 1. The van der Waals surface area contributed by atoms with Gasteiger partial charge in [0.2, 0.25) is 0 Å². The summed E-state index contributed by atoms with van der Waals surface area (Å²) in [6.07, 6.45) is 1.57. The lowest BCUT2D eigenvalue weighted by Crippen LogP contribution is -2.30. The standard InChI is InChI=1S/C16H24FN3O2/c1-11(2)4-9-15(18)20-22-10-16(21)19-12(3)13-5-7-14(17)8-6-13/h5-8,11-12H,4,9-10H2,1-3H3,(H2,18,20)(H,19,21). The Morgan fingerprint density at radius 1 is 1.32 bits per heavy atom. The zero-order chi connectivity index (χ0) is 16.5. The van der Waals surface area contributed by atoms with Crippen LogP contribution in [0.3, 0.4) is 0 Å². The van der Waals surface area contributed by atoms with E-state index in [1.54, 1.807) is 12.1 Å². The van der Waals surface area contributed by atoms with Gasteiger partial charge >= 0.3 is 0 Å². The number of halogens is 1. The van der Waals surface area contributed by atoms with Gasteiger partial charge in [-0.2, -0.15) is 0 Å². The van der Waals surface area contributed by atoms with Gasteiger partial charge in [-0.25, -0.2) is 4.39 Å². The SMILES string of the molecule is CC(C)CC/C(N)=N/OCC(=O)NC(C)c1ccc(F)cc1. The molecule has 1 atom stereocenters. The predicted molar refractivity (Wildman–Crippen MR) is 84.6 cm³/mol. The highest BCUT2D eigenvalue weighted by Gasteiger charge is 2.10. The van der Waals surface area contributed by atoms with E-state index in [1.807, 2.05) is 6.92 Å². The van der Waals surface area contributed by atoms with Crippen molar-refractivity contribution in [2.24, 2.45) is 16.8 Å². The lowest BCUT2D eigenvalue weighted by Gasteiger charge is -2.13. The molecule has 0 saturated carbocycles. The van der Waals surface area contributed by atoms with E-state index in [0.29, 0.717) is 18.2 Å². The highest BCUT2D eigenvalue weighted by atomic mass is 19.1. The van der Waals surface area contributed by atoms with Crippen LogP contribution in [0.2, 0.25) is 0 Å². The van der Waals surface area contributed by atoms with Crippen LogP contribution in [0, 0.1) is 11.7 Å². The molecule has 1 amide bonds. The molecule has 0 bridgehead atoms. The highest BCUT2D eigenvalue weighted by Crippen LogP contribution is 2.12. The normalized spacial score (nSPS) is 13.0. The van der Waals surface area contributed by atoms with Crippen LogP contribution in [0.15, 0.2) is 29.4 Å². The molecule has 0 aliphatic heterocycles. The van der Waals surface area contributed by atoms with Gasteiger partial charge in [-0.15, -0.1) is 0 Å². The van der Waals surface area contributed by atoms with Gasteiger partial charge in [0, 0.05) is 6.42 Å². The number of hydrogen-bond donors (Lipinski definition) is 2. The second kappa shape index (κ2) is 9.02. The number of hydrogen-bond acceptors (Lipinski definition) is 3. The highest BCUT2D eigenvalue weighted by molar-refractivity contribution is 5.80. The number of carbonyl (C=O) groups is 1. The van der Waals surface area contributed by atoms with Crippen LogP contribution in [-0.2, 0) is 9.63 Å². The fraction of sp³-hybridized carbons (Fsp3) is 0.500. The maximum Gasteiger partial charge on any atom is 0.261 e. The fourth-order valence-electron chi connectivity index (χ4n) is 1.77. The summed E-state index contributed by atoms with van der Waals surface area (Å²) < 4.78 is 12.8. The molecule has 1 aromatic carbocycles. The Labute approximate surface area is 130 Å². The topological polar surface area (TPSA) is 76.7 Å². The zero-order valence-electron chi connectivity index (χ0n) is 13.3. The Kier molecular flexibility index (Phi) is 7.36. The average molecular weight is 309 g/mol. The van der Waals surface area contributed by atoms with E-state index >= 15 is 0 Å². The van der Waals surface area contributed by atoms with Crippen molar-refractivity contribution in [1.82, 2.24) is 5.32 Å². The van der Waals surface area contributed by atoms with Crippen molar-refractivity contribution >= 4 is 11.7 Å². The summed E-state index contributed by atoms with van der Waals surface area (Å²) in [4.78, 5) is 16.7. The van der Waals surface area contributed by atoms with Crippen molar-refractivity contribution in [2.45, 2.75) is 39.7 Å².